The van der Waals surface area contributed by atoms with Gasteiger partial charge in [0.1, 0.15) is 5.78 Å². The Morgan fingerprint density at radius 1 is 1.30 bits per heavy atom. The summed E-state index contributed by atoms with van der Waals surface area (Å²) >= 11 is 0. The van der Waals surface area contributed by atoms with E-state index < -0.39 is 11.6 Å². The largest absolute Gasteiger partial charge is 0.478 e. The van der Waals surface area contributed by atoms with E-state index in [-0.39, 0.29) is 11.4 Å². The first-order chi connectivity index (χ1) is 9.32. The lowest BCUT2D eigenvalue weighted by molar-refractivity contribution is -0.132. The van der Waals surface area contributed by atoms with Crippen molar-refractivity contribution in [2.24, 2.45) is 0 Å². The molecule has 0 aliphatic heterocycles. The van der Waals surface area contributed by atoms with E-state index in [0.717, 1.165) is 0 Å². The van der Waals surface area contributed by atoms with Crippen molar-refractivity contribution in [3.05, 3.63) is 48.1 Å². The molecule has 0 saturated heterocycles. The van der Waals surface area contributed by atoms with Crippen LogP contribution in [0.5, 0.6) is 0 Å². The highest BCUT2D eigenvalue weighted by molar-refractivity contribution is 5.86. The third kappa shape index (κ3) is 5.36. The van der Waals surface area contributed by atoms with Crippen LogP contribution in [0.1, 0.15) is 32.6 Å². The summed E-state index contributed by atoms with van der Waals surface area (Å²) < 4.78 is 0. The lowest BCUT2D eigenvalue weighted by Gasteiger charge is -2.28. The van der Waals surface area contributed by atoms with Crippen molar-refractivity contribution in [2.75, 3.05) is 0 Å². The summed E-state index contributed by atoms with van der Waals surface area (Å²) in [5.74, 6) is -0.770. The molecule has 0 unspecified atom stereocenters. The average Bonchev–Trinajstić information content (AvgIpc) is 2.40. The monoisotopic (exact) mass is 276 g/mol. The molecule has 0 aromatic heterocycles. The van der Waals surface area contributed by atoms with Crippen LogP contribution in [0, 0.1) is 0 Å². The minimum absolute atomic E-state index is 0.191. The van der Waals surface area contributed by atoms with E-state index in [0.29, 0.717) is 31.3 Å². The minimum Gasteiger partial charge on any atom is -0.478 e. The van der Waals surface area contributed by atoms with Crippen molar-refractivity contribution in [3.8, 4) is 0 Å². The van der Waals surface area contributed by atoms with Gasteiger partial charge in [-0.25, -0.2) is 4.79 Å². The van der Waals surface area contributed by atoms with E-state index in [1.54, 1.807) is 24.3 Å². The zero-order valence-corrected chi connectivity index (χ0v) is 11.6. The number of carbonyl (C=O) groups excluding carboxylic acids is 1. The van der Waals surface area contributed by atoms with Crippen LogP contribution in [-0.4, -0.2) is 27.6 Å². The highest BCUT2D eigenvalue weighted by atomic mass is 16.4. The van der Waals surface area contributed by atoms with Gasteiger partial charge in [0.15, 0.2) is 0 Å². The van der Waals surface area contributed by atoms with Gasteiger partial charge in [0.2, 0.25) is 0 Å². The molecule has 0 aromatic carbocycles. The van der Waals surface area contributed by atoms with Crippen molar-refractivity contribution in [1.29, 1.82) is 0 Å². The van der Waals surface area contributed by atoms with Crippen molar-refractivity contribution >= 4 is 11.8 Å². The smallest absolute Gasteiger partial charge is 0.331 e. The number of aliphatic hydroxyl groups is 1. The Balaban J connectivity index is 2.55. The molecule has 0 spiro atoms. The molecule has 1 saturated carbocycles. The normalized spacial score (nSPS) is 19.7. The number of hydrogen-bond donors (Lipinski definition) is 2. The highest BCUT2D eigenvalue weighted by Gasteiger charge is 2.29. The second-order valence-electron chi connectivity index (χ2n) is 5.06. The molecule has 0 atom stereocenters. The van der Waals surface area contributed by atoms with E-state index in [1.807, 2.05) is 0 Å². The number of rotatable bonds is 5. The summed E-state index contributed by atoms with van der Waals surface area (Å²) in [6, 6.07) is 0. The fourth-order valence-electron chi connectivity index (χ4n) is 1.83. The summed E-state index contributed by atoms with van der Waals surface area (Å²) in [5, 5.41) is 18.9. The van der Waals surface area contributed by atoms with Crippen LogP contribution in [0.2, 0.25) is 0 Å². The van der Waals surface area contributed by atoms with Crippen molar-refractivity contribution in [1.82, 2.24) is 0 Å². The van der Waals surface area contributed by atoms with Crippen molar-refractivity contribution in [3.63, 3.8) is 0 Å². The predicted octanol–water partition coefficient (Wildman–Crippen LogP) is 2.56. The Kier molecular flexibility index (Phi) is 5.65. The van der Waals surface area contributed by atoms with E-state index in [4.69, 9.17) is 5.11 Å². The van der Waals surface area contributed by atoms with Gasteiger partial charge in [0.25, 0.3) is 0 Å². The Labute approximate surface area is 118 Å². The van der Waals surface area contributed by atoms with Crippen LogP contribution < -0.4 is 0 Å². The van der Waals surface area contributed by atoms with Gasteiger partial charge in [-0.2, -0.15) is 0 Å². The second kappa shape index (κ2) is 7.01. The topological polar surface area (TPSA) is 74.6 Å². The number of carboxylic acids is 1. The molecule has 0 amide bonds. The minimum atomic E-state index is -0.961. The zero-order valence-electron chi connectivity index (χ0n) is 11.6. The van der Waals surface area contributed by atoms with Gasteiger partial charge >= 0.3 is 5.97 Å². The van der Waals surface area contributed by atoms with Gasteiger partial charge in [0, 0.05) is 18.4 Å². The summed E-state index contributed by atoms with van der Waals surface area (Å²) in [4.78, 5) is 21.7. The molecule has 0 heterocycles. The third-order valence-corrected chi connectivity index (χ3v) is 3.28. The molecular formula is C16H20O4. The molecule has 4 nitrogen and oxygen atoms in total. The van der Waals surface area contributed by atoms with Gasteiger partial charge in [0.05, 0.1) is 5.60 Å². The molecule has 1 rings (SSSR count). The van der Waals surface area contributed by atoms with Crippen LogP contribution in [0.25, 0.3) is 0 Å². The van der Waals surface area contributed by atoms with Crippen molar-refractivity contribution < 1.29 is 19.8 Å². The van der Waals surface area contributed by atoms with Crippen LogP contribution in [0.3, 0.4) is 0 Å². The first-order valence-corrected chi connectivity index (χ1v) is 6.53. The van der Waals surface area contributed by atoms with E-state index in [2.05, 4.69) is 6.58 Å². The van der Waals surface area contributed by atoms with E-state index >= 15 is 0 Å². The fraction of sp³-hybridized carbons (Fsp3) is 0.375. The zero-order chi connectivity index (χ0) is 15.2. The SMILES string of the molecule is C=C(/C=C\C=C(/C)C(=O)O)/C=C/C1(O)CCC(=O)CC1. The standard InChI is InChI=1S/C16H20O4/c1-12(4-3-5-13(2)15(18)19)6-9-16(20)10-7-14(17)8-11-16/h3-6,9,20H,1,7-8,10-11H2,2H3,(H,18,19)/b4-3-,9-6+,13-5+. The summed E-state index contributed by atoms with van der Waals surface area (Å²) in [7, 11) is 0. The van der Waals surface area contributed by atoms with E-state index in [9.17, 15) is 14.7 Å². The molecule has 4 heteroatoms. The van der Waals surface area contributed by atoms with Gasteiger partial charge < -0.3 is 10.2 Å². The van der Waals surface area contributed by atoms with Gasteiger partial charge in [-0.1, -0.05) is 37.0 Å². The maximum absolute atomic E-state index is 11.1. The Hall–Kier alpha value is -1.94. The number of allylic oxidation sites excluding steroid dienone is 5. The number of Topliss-reactive ketones (excluding diaryl/α,β-unsaturated/α-hetero) is 1. The number of carbonyl (C=O) groups is 2. The first kappa shape index (κ1) is 16.1. The second-order valence-corrected chi connectivity index (χ2v) is 5.06. The highest BCUT2D eigenvalue weighted by Crippen LogP contribution is 2.27. The first-order valence-electron chi connectivity index (χ1n) is 6.53. The molecule has 108 valence electrons. The maximum atomic E-state index is 11.1. The lowest BCUT2D eigenvalue weighted by atomic mass is 9.83. The molecule has 0 aromatic rings. The van der Waals surface area contributed by atoms with Crippen molar-refractivity contribution in [2.45, 2.75) is 38.2 Å². The summed E-state index contributed by atoms with van der Waals surface area (Å²) in [5.41, 5.74) is -0.0375. The van der Waals surface area contributed by atoms with Crippen LogP contribution in [-0.2, 0) is 9.59 Å². The molecule has 1 aliphatic rings. The third-order valence-electron chi connectivity index (χ3n) is 3.28. The quantitative estimate of drug-likeness (QED) is 0.598. The Morgan fingerprint density at radius 3 is 2.45 bits per heavy atom. The van der Waals surface area contributed by atoms with Gasteiger partial charge in [-0.05, 0) is 25.3 Å². The Bertz CT molecular complexity index is 485. The predicted molar refractivity (Wildman–Crippen MR) is 77.2 cm³/mol. The number of aliphatic carboxylic acids is 1. The van der Waals surface area contributed by atoms with Crippen LogP contribution in [0.4, 0.5) is 0 Å². The fourth-order valence-corrected chi connectivity index (χ4v) is 1.83. The molecule has 2 N–H and O–H groups in total. The van der Waals surface area contributed by atoms with Crippen LogP contribution in [0.15, 0.2) is 48.1 Å². The van der Waals surface area contributed by atoms with E-state index in [1.165, 1.54) is 13.0 Å². The molecule has 1 aliphatic carbocycles. The van der Waals surface area contributed by atoms with Crippen LogP contribution >= 0.6 is 0 Å². The number of hydrogen-bond acceptors (Lipinski definition) is 3. The lowest BCUT2D eigenvalue weighted by Crippen LogP contribution is -2.31. The molecular weight excluding hydrogens is 256 g/mol. The number of carboxylic acid groups (broad SMARTS) is 1. The molecule has 0 bridgehead atoms. The molecule has 20 heavy (non-hydrogen) atoms. The average molecular weight is 276 g/mol. The maximum Gasteiger partial charge on any atom is 0.331 e. The summed E-state index contributed by atoms with van der Waals surface area (Å²) in [6.07, 6.45) is 9.80. The summed E-state index contributed by atoms with van der Waals surface area (Å²) in [6.45, 7) is 5.31. The van der Waals surface area contributed by atoms with Gasteiger partial charge in [-0.3, -0.25) is 4.79 Å². The molecule has 1 fully saturated rings. The number of ketones is 1. The van der Waals surface area contributed by atoms with Gasteiger partial charge in [-0.15, -0.1) is 0 Å². The molecule has 0 radical (unpaired) electrons. The Morgan fingerprint density at radius 2 is 1.90 bits per heavy atom.